The summed E-state index contributed by atoms with van der Waals surface area (Å²) < 4.78 is 0. The molecule has 0 aliphatic heterocycles. The summed E-state index contributed by atoms with van der Waals surface area (Å²) in [5.74, 6) is -0.0648. The number of hydrogen-bond acceptors (Lipinski definition) is 11. The van der Waals surface area contributed by atoms with Crippen LogP contribution in [0.3, 0.4) is 0 Å². The molecule has 0 spiro atoms. The van der Waals surface area contributed by atoms with Gasteiger partial charge in [-0.2, -0.15) is 0 Å². The minimum atomic E-state index is -0.457. The third kappa shape index (κ3) is 7.03. The van der Waals surface area contributed by atoms with Crippen LogP contribution in [0.25, 0.3) is 42.9 Å². The van der Waals surface area contributed by atoms with Gasteiger partial charge in [-0.05, 0) is 44.2 Å². The SMILES string of the molecule is CCNC(=O)Nc1nc2cc(-c3ccc(NC(=O)CN(CC)C(=O)Nc4nc5cc(-c6cccnc6)cnc5s4)nc3)cnc2s1. The maximum atomic E-state index is 13.0. The van der Waals surface area contributed by atoms with E-state index in [1.807, 2.05) is 31.2 Å². The van der Waals surface area contributed by atoms with Crippen LogP contribution in [0.2, 0.25) is 0 Å². The predicted octanol–water partition coefficient (Wildman–Crippen LogP) is 5.45. The number of likely N-dealkylation sites (N-methyl/N-ethyl adjacent to an activating group) is 1. The summed E-state index contributed by atoms with van der Waals surface area (Å²) in [6.07, 6.45) is 8.51. The van der Waals surface area contributed by atoms with E-state index in [4.69, 9.17) is 0 Å². The second kappa shape index (κ2) is 13.6. The quantitative estimate of drug-likeness (QED) is 0.158. The van der Waals surface area contributed by atoms with Gasteiger partial charge in [-0.25, -0.2) is 34.5 Å². The smallest absolute Gasteiger partial charge is 0.324 e. The molecule has 0 fully saturated rings. The van der Waals surface area contributed by atoms with E-state index < -0.39 is 11.9 Å². The fraction of sp³-hybridized carbons (Fsp3) is 0.167. The molecule has 16 heteroatoms. The van der Waals surface area contributed by atoms with Crippen LogP contribution >= 0.6 is 22.7 Å². The number of carbonyl (C=O) groups excluding carboxylic acids is 3. The summed E-state index contributed by atoms with van der Waals surface area (Å²) in [5, 5.41) is 11.7. The van der Waals surface area contributed by atoms with Crippen molar-refractivity contribution in [1.82, 2.24) is 40.1 Å². The van der Waals surface area contributed by atoms with E-state index in [2.05, 4.69) is 51.2 Å². The molecule has 6 heterocycles. The number of thiazole rings is 2. The van der Waals surface area contributed by atoms with Crippen molar-refractivity contribution in [3.63, 3.8) is 0 Å². The molecule has 6 rings (SSSR count). The molecule has 6 aromatic rings. The van der Waals surface area contributed by atoms with Crippen LogP contribution in [0.5, 0.6) is 0 Å². The Morgan fingerprint density at radius 1 is 0.761 bits per heavy atom. The molecule has 0 bridgehead atoms. The van der Waals surface area contributed by atoms with Gasteiger partial charge in [0.2, 0.25) is 5.91 Å². The van der Waals surface area contributed by atoms with E-state index in [0.29, 0.717) is 49.9 Å². The van der Waals surface area contributed by atoms with E-state index in [9.17, 15) is 14.4 Å². The number of fused-ring (bicyclic) bond motifs is 2. The highest BCUT2D eigenvalue weighted by molar-refractivity contribution is 7.22. The average Bonchev–Trinajstić information content (AvgIpc) is 3.66. The second-order valence-corrected chi connectivity index (χ2v) is 11.7. The average molecular weight is 654 g/mol. The molecule has 0 aromatic carbocycles. The first kappa shape index (κ1) is 30.4. The molecule has 0 unspecified atom stereocenters. The molecule has 46 heavy (non-hydrogen) atoms. The normalized spacial score (nSPS) is 10.9. The van der Waals surface area contributed by atoms with Crippen molar-refractivity contribution in [2.24, 2.45) is 0 Å². The fourth-order valence-electron chi connectivity index (χ4n) is 4.40. The number of urea groups is 2. The van der Waals surface area contributed by atoms with Gasteiger partial charge in [-0.3, -0.25) is 20.4 Å². The van der Waals surface area contributed by atoms with E-state index in [-0.39, 0.29) is 12.6 Å². The van der Waals surface area contributed by atoms with Crippen molar-refractivity contribution >= 4 is 77.4 Å². The Balaban J connectivity index is 1.05. The summed E-state index contributed by atoms with van der Waals surface area (Å²) in [7, 11) is 0. The minimum absolute atomic E-state index is 0.183. The largest absolute Gasteiger partial charge is 0.338 e. The maximum Gasteiger partial charge on any atom is 0.324 e. The topological polar surface area (TPSA) is 180 Å². The number of aromatic nitrogens is 6. The lowest BCUT2D eigenvalue weighted by Crippen LogP contribution is -2.40. The Bertz CT molecular complexity index is 2030. The van der Waals surface area contributed by atoms with Crippen LogP contribution in [0.15, 0.2) is 67.4 Å². The Hall–Kier alpha value is -5.61. The van der Waals surface area contributed by atoms with E-state index in [0.717, 1.165) is 22.3 Å². The molecule has 0 saturated carbocycles. The third-order valence-corrected chi connectivity index (χ3v) is 8.42. The van der Waals surface area contributed by atoms with Crippen LogP contribution in [-0.4, -0.2) is 72.4 Å². The highest BCUT2D eigenvalue weighted by Gasteiger charge is 2.18. The summed E-state index contributed by atoms with van der Waals surface area (Å²) in [6, 6.07) is 10.2. The summed E-state index contributed by atoms with van der Waals surface area (Å²) in [6.45, 7) is 4.24. The lowest BCUT2D eigenvalue weighted by Gasteiger charge is -2.19. The van der Waals surface area contributed by atoms with Crippen molar-refractivity contribution in [3.05, 3.63) is 67.4 Å². The standard InChI is InChI=1S/C30H27N11O3S2/c1-3-32-27(43)39-28-36-21-11-20(15-35-25(21)45-28)18-7-8-23(33-13-18)38-24(42)16-41(4-2)30(44)40-29-37-22-10-19(14-34-26(22)46-29)17-6-5-9-31-12-17/h5-15H,3-4,16H2,1-2H3,(H,33,38,42)(H,37,40,44)(H2,32,36,39,43). The molecule has 0 radical (unpaired) electrons. The van der Waals surface area contributed by atoms with Gasteiger partial charge in [0.15, 0.2) is 10.3 Å². The lowest BCUT2D eigenvalue weighted by atomic mass is 10.1. The maximum absolute atomic E-state index is 13.0. The van der Waals surface area contributed by atoms with Crippen LogP contribution in [0.4, 0.5) is 25.7 Å². The van der Waals surface area contributed by atoms with Crippen molar-refractivity contribution in [3.8, 4) is 22.3 Å². The molecule has 5 amide bonds. The van der Waals surface area contributed by atoms with Crippen molar-refractivity contribution in [2.75, 3.05) is 35.6 Å². The first-order valence-corrected chi connectivity index (χ1v) is 15.8. The van der Waals surface area contributed by atoms with E-state index >= 15 is 0 Å². The molecule has 0 aliphatic rings. The third-order valence-electron chi connectivity index (χ3n) is 6.63. The molecule has 0 saturated heterocycles. The van der Waals surface area contributed by atoms with Gasteiger partial charge in [0, 0.05) is 66.3 Å². The number of amides is 5. The molecule has 6 aromatic heterocycles. The second-order valence-electron chi connectivity index (χ2n) is 9.79. The van der Waals surface area contributed by atoms with Crippen LogP contribution in [0, 0.1) is 0 Å². The monoisotopic (exact) mass is 653 g/mol. The van der Waals surface area contributed by atoms with Gasteiger partial charge < -0.3 is 15.5 Å². The van der Waals surface area contributed by atoms with Crippen molar-refractivity contribution in [2.45, 2.75) is 13.8 Å². The van der Waals surface area contributed by atoms with Gasteiger partial charge in [0.1, 0.15) is 33.1 Å². The number of nitrogens with one attached hydrogen (secondary N) is 4. The Labute approximate surface area is 270 Å². The molecular weight excluding hydrogens is 627 g/mol. The van der Waals surface area contributed by atoms with Crippen LogP contribution < -0.4 is 21.3 Å². The number of nitrogens with zero attached hydrogens (tertiary/aromatic N) is 7. The fourth-order valence-corrected chi connectivity index (χ4v) is 5.96. The zero-order valence-electron chi connectivity index (χ0n) is 24.6. The van der Waals surface area contributed by atoms with Crippen molar-refractivity contribution in [1.29, 1.82) is 0 Å². The van der Waals surface area contributed by atoms with Gasteiger partial charge in [-0.1, -0.05) is 28.7 Å². The number of rotatable bonds is 9. The molecule has 4 N–H and O–H groups in total. The van der Waals surface area contributed by atoms with Gasteiger partial charge in [-0.15, -0.1) is 0 Å². The zero-order chi connectivity index (χ0) is 32.0. The van der Waals surface area contributed by atoms with Gasteiger partial charge in [0.25, 0.3) is 0 Å². The predicted molar refractivity (Wildman–Crippen MR) is 179 cm³/mol. The summed E-state index contributed by atoms with van der Waals surface area (Å²) in [4.78, 5) is 66.7. The number of carbonyl (C=O) groups is 3. The zero-order valence-corrected chi connectivity index (χ0v) is 26.3. The first-order chi connectivity index (χ1) is 22.4. The number of pyridine rings is 4. The molecule has 232 valence electrons. The summed E-state index contributed by atoms with van der Waals surface area (Å²) >= 11 is 2.53. The lowest BCUT2D eigenvalue weighted by molar-refractivity contribution is -0.116. The number of anilines is 3. The molecule has 0 atom stereocenters. The molecule has 0 aliphatic carbocycles. The highest BCUT2D eigenvalue weighted by atomic mass is 32.1. The first-order valence-electron chi connectivity index (χ1n) is 14.2. The molecular formula is C30H27N11O3S2. The van der Waals surface area contributed by atoms with E-state index in [1.54, 1.807) is 50.0 Å². The number of hydrogen-bond donors (Lipinski definition) is 4. The Kier molecular flexibility index (Phi) is 8.98. The van der Waals surface area contributed by atoms with Gasteiger partial charge >= 0.3 is 12.1 Å². The summed E-state index contributed by atoms with van der Waals surface area (Å²) in [5.41, 5.74) is 4.62. The van der Waals surface area contributed by atoms with Gasteiger partial charge in [0.05, 0.1) is 0 Å². The van der Waals surface area contributed by atoms with Crippen LogP contribution in [-0.2, 0) is 4.79 Å². The minimum Gasteiger partial charge on any atom is -0.338 e. The Morgan fingerprint density at radius 2 is 1.41 bits per heavy atom. The Morgan fingerprint density at radius 3 is 2.00 bits per heavy atom. The van der Waals surface area contributed by atoms with Crippen molar-refractivity contribution < 1.29 is 14.4 Å². The van der Waals surface area contributed by atoms with Crippen LogP contribution in [0.1, 0.15) is 13.8 Å². The van der Waals surface area contributed by atoms with E-state index in [1.165, 1.54) is 27.6 Å². The highest BCUT2D eigenvalue weighted by Crippen LogP contribution is 2.29. The molecule has 14 nitrogen and oxygen atoms in total.